The third-order valence-corrected chi connectivity index (χ3v) is 7.49. The minimum atomic E-state index is -4.67. The summed E-state index contributed by atoms with van der Waals surface area (Å²) in [5, 5.41) is 0.184. The number of halogens is 5. The predicted molar refractivity (Wildman–Crippen MR) is 139 cm³/mol. The predicted octanol–water partition coefficient (Wildman–Crippen LogP) is 5.87. The molecule has 1 aromatic carbocycles. The Kier molecular flexibility index (Phi) is 7.14. The first kappa shape index (κ1) is 26.9. The van der Waals surface area contributed by atoms with Crippen molar-refractivity contribution >= 4 is 22.8 Å². The van der Waals surface area contributed by atoms with Gasteiger partial charge in [-0.15, -0.1) is 0 Å². The first-order valence-corrected chi connectivity index (χ1v) is 13.3. The SMILES string of the molecule is Cc1cnc2c(c1)nc(CN1CCc3cc(C(F)(F)F)c(OCc4ccc(Cl)cc4F)nc3C1)n2C[C@@H]1CCO1. The normalized spacial score (nSPS) is 17.6. The zero-order valence-electron chi connectivity index (χ0n) is 21.6. The maximum atomic E-state index is 14.2. The minimum Gasteiger partial charge on any atom is -0.472 e. The van der Waals surface area contributed by atoms with Crippen LogP contribution in [0.2, 0.25) is 5.02 Å². The Morgan fingerprint density at radius 3 is 2.73 bits per heavy atom. The summed E-state index contributed by atoms with van der Waals surface area (Å²) in [6, 6.07) is 7.01. The quantitative estimate of drug-likeness (QED) is 0.257. The molecule has 0 amide bonds. The number of alkyl halides is 3. The van der Waals surface area contributed by atoms with Gasteiger partial charge in [0.1, 0.15) is 29.3 Å². The van der Waals surface area contributed by atoms with Crippen molar-refractivity contribution in [3.05, 3.63) is 81.1 Å². The number of aromatic nitrogens is 4. The van der Waals surface area contributed by atoms with Gasteiger partial charge in [-0.25, -0.2) is 19.3 Å². The van der Waals surface area contributed by atoms with Crippen LogP contribution in [0, 0.1) is 12.7 Å². The number of benzene rings is 1. The van der Waals surface area contributed by atoms with Crippen LogP contribution in [0.1, 0.15) is 40.2 Å². The number of nitrogens with zero attached hydrogens (tertiary/aromatic N) is 5. The summed E-state index contributed by atoms with van der Waals surface area (Å²) < 4.78 is 69.1. The van der Waals surface area contributed by atoms with Crippen LogP contribution in [0.15, 0.2) is 36.5 Å². The van der Waals surface area contributed by atoms with Crippen LogP contribution in [0.4, 0.5) is 17.6 Å². The standard InChI is InChI=1S/C28H26ClF4N5O2/c1-16-8-23-26(34-11-16)38(12-20-5-7-39-20)25(35-23)14-37-6-4-17-9-21(28(31,32)33)27(36-24(17)13-37)40-15-18-2-3-19(29)10-22(18)30/h2-3,8-11,20H,4-7,12-15H2,1H3/t20-/m0/s1. The second kappa shape index (κ2) is 10.6. The van der Waals surface area contributed by atoms with Crippen LogP contribution in [0.5, 0.6) is 5.88 Å². The van der Waals surface area contributed by atoms with E-state index in [1.165, 1.54) is 12.1 Å². The van der Waals surface area contributed by atoms with Crippen LogP contribution in [-0.4, -0.2) is 43.7 Å². The highest BCUT2D eigenvalue weighted by molar-refractivity contribution is 6.30. The van der Waals surface area contributed by atoms with Crippen LogP contribution >= 0.6 is 11.6 Å². The van der Waals surface area contributed by atoms with E-state index >= 15 is 0 Å². The van der Waals surface area contributed by atoms with Gasteiger partial charge in [-0.1, -0.05) is 17.7 Å². The summed E-state index contributed by atoms with van der Waals surface area (Å²) in [7, 11) is 0. The number of imidazole rings is 1. The number of rotatable bonds is 7. The molecule has 1 fully saturated rings. The largest absolute Gasteiger partial charge is 0.472 e. The van der Waals surface area contributed by atoms with Crippen LogP contribution in [0.25, 0.3) is 11.2 Å². The van der Waals surface area contributed by atoms with Crippen molar-refractivity contribution in [2.75, 3.05) is 13.2 Å². The summed E-state index contributed by atoms with van der Waals surface area (Å²) >= 11 is 5.78. The number of pyridine rings is 2. The number of ether oxygens (including phenoxy) is 2. The van der Waals surface area contributed by atoms with Crippen molar-refractivity contribution in [3.63, 3.8) is 0 Å². The van der Waals surface area contributed by atoms with E-state index in [4.69, 9.17) is 26.1 Å². The molecule has 0 bridgehead atoms. The second-order valence-corrected chi connectivity index (χ2v) is 10.6. The average Bonchev–Trinajstić information content (AvgIpc) is 3.20. The van der Waals surface area contributed by atoms with E-state index in [0.29, 0.717) is 43.9 Å². The summed E-state index contributed by atoms with van der Waals surface area (Å²) in [5.74, 6) is -0.421. The molecule has 6 rings (SSSR count). The van der Waals surface area contributed by atoms with E-state index < -0.39 is 30.0 Å². The molecule has 2 aliphatic rings. The van der Waals surface area contributed by atoms with Crippen molar-refractivity contribution in [1.29, 1.82) is 0 Å². The van der Waals surface area contributed by atoms with Crippen LogP contribution in [-0.2, 0) is 43.6 Å². The maximum absolute atomic E-state index is 14.2. The minimum absolute atomic E-state index is 0.0804. The number of aryl methyl sites for hydroxylation is 1. The molecule has 0 radical (unpaired) electrons. The molecule has 1 saturated heterocycles. The molecule has 0 unspecified atom stereocenters. The molecule has 4 aromatic rings. The van der Waals surface area contributed by atoms with Gasteiger partial charge in [0.05, 0.1) is 24.9 Å². The van der Waals surface area contributed by atoms with E-state index in [-0.39, 0.29) is 16.7 Å². The maximum Gasteiger partial charge on any atom is 0.421 e. The molecule has 210 valence electrons. The summed E-state index contributed by atoms with van der Waals surface area (Å²) in [6.45, 7) is 4.25. The monoisotopic (exact) mass is 575 g/mol. The van der Waals surface area contributed by atoms with Gasteiger partial charge in [0.15, 0.2) is 5.65 Å². The lowest BCUT2D eigenvalue weighted by molar-refractivity contribution is -0.139. The van der Waals surface area contributed by atoms with Crippen molar-refractivity contribution in [1.82, 2.24) is 24.4 Å². The smallest absolute Gasteiger partial charge is 0.421 e. The Bertz CT molecular complexity index is 1570. The molecule has 0 spiro atoms. The fourth-order valence-corrected chi connectivity index (χ4v) is 5.19. The van der Waals surface area contributed by atoms with E-state index in [1.807, 2.05) is 19.2 Å². The van der Waals surface area contributed by atoms with Gasteiger partial charge in [0.2, 0.25) is 5.88 Å². The van der Waals surface area contributed by atoms with Crippen molar-refractivity contribution < 1.29 is 27.0 Å². The van der Waals surface area contributed by atoms with E-state index in [2.05, 4.69) is 19.4 Å². The molecule has 5 heterocycles. The lowest BCUT2D eigenvalue weighted by Crippen LogP contribution is -2.34. The number of hydrogen-bond acceptors (Lipinski definition) is 6. The Morgan fingerprint density at radius 1 is 1.18 bits per heavy atom. The third-order valence-electron chi connectivity index (χ3n) is 7.26. The van der Waals surface area contributed by atoms with E-state index in [9.17, 15) is 17.6 Å². The molecular formula is C28H26ClF4N5O2. The van der Waals surface area contributed by atoms with Crippen molar-refractivity contribution in [2.24, 2.45) is 0 Å². The van der Waals surface area contributed by atoms with Gasteiger partial charge in [-0.05, 0) is 55.2 Å². The lowest BCUT2D eigenvalue weighted by atomic mass is 10.0. The van der Waals surface area contributed by atoms with Gasteiger partial charge in [-0.2, -0.15) is 13.2 Å². The average molecular weight is 576 g/mol. The molecule has 40 heavy (non-hydrogen) atoms. The number of hydrogen-bond donors (Lipinski definition) is 0. The van der Waals surface area contributed by atoms with Gasteiger partial charge >= 0.3 is 6.18 Å². The zero-order chi connectivity index (χ0) is 28.0. The van der Waals surface area contributed by atoms with Gasteiger partial charge in [-0.3, -0.25) is 4.90 Å². The molecule has 12 heteroatoms. The fourth-order valence-electron chi connectivity index (χ4n) is 5.03. The third kappa shape index (κ3) is 5.50. The lowest BCUT2D eigenvalue weighted by Gasteiger charge is -2.30. The van der Waals surface area contributed by atoms with Gasteiger partial charge in [0, 0.05) is 36.5 Å². The highest BCUT2D eigenvalue weighted by atomic mass is 35.5. The highest BCUT2D eigenvalue weighted by Gasteiger charge is 2.37. The first-order valence-electron chi connectivity index (χ1n) is 13.0. The highest BCUT2D eigenvalue weighted by Crippen LogP contribution is 2.38. The molecule has 0 N–H and O–H groups in total. The van der Waals surface area contributed by atoms with E-state index in [0.717, 1.165) is 47.7 Å². The first-order chi connectivity index (χ1) is 19.1. The Balaban J connectivity index is 1.26. The molecule has 0 aliphatic carbocycles. The molecular weight excluding hydrogens is 550 g/mol. The molecule has 7 nitrogen and oxygen atoms in total. The molecule has 1 atom stereocenters. The zero-order valence-corrected chi connectivity index (χ0v) is 22.4. The summed E-state index contributed by atoms with van der Waals surface area (Å²) in [4.78, 5) is 15.8. The van der Waals surface area contributed by atoms with Crippen LogP contribution < -0.4 is 4.74 Å². The van der Waals surface area contributed by atoms with Crippen molar-refractivity contribution in [2.45, 2.75) is 58.3 Å². The Morgan fingerprint density at radius 2 is 2.00 bits per heavy atom. The number of fused-ring (bicyclic) bond motifs is 2. The topological polar surface area (TPSA) is 65.3 Å². The fraction of sp³-hybridized carbons (Fsp3) is 0.393. The molecule has 3 aromatic heterocycles. The van der Waals surface area contributed by atoms with Gasteiger partial charge < -0.3 is 14.0 Å². The Hall–Kier alpha value is -3.28. The Labute approximate surface area is 232 Å². The van der Waals surface area contributed by atoms with Crippen molar-refractivity contribution in [3.8, 4) is 5.88 Å². The van der Waals surface area contributed by atoms with Crippen LogP contribution in [0.3, 0.4) is 0 Å². The summed E-state index contributed by atoms with van der Waals surface area (Å²) in [5.41, 5.74) is 2.70. The second-order valence-electron chi connectivity index (χ2n) is 10.2. The van der Waals surface area contributed by atoms with E-state index in [1.54, 1.807) is 0 Å². The molecule has 0 saturated carbocycles. The molecule has 2 aliphatic heterocycles. The summed E-state index contributed by atoms with van der Waals surface area (Å²) in [6.07, 6.45) is -1.40. The van der Waals surface area contributed by atoms with Gasteiger partial charge in [0.25, 0.3) is 0 Å².